The van der Waals surface area contributed by atoms with Crippen LogP contribution in [0, 0.1) is 6.92 Å². The summed E-state index contributed by atoms with van der Waals surface area (Å²) in [5, 5.41) is 2.65. The molecule has 24 heavy (non-hydrogen) atoms. The summed E-state index contributed by atoms with van der Waals surface area (Å²) in [4.78, 5) is 0. The molecule has 2 rings (SSSR count). The molecule has 0 aliphatic rings. The predicted octanol–water partition coefficient (Wildman–Crippen LogP) is 1.35. The summed E-state index contributed by atoms with van der Waals surface area (Å²) < 4.78 is 6.70. The van der Waals surface area contributed by atoms with Gasteiger partial charge in [-0.3, -0.25) is 0 Å². The molecular weight excluding hydrogens is 303 g/mol. The van der Waals surface area contributed by atoms with Crippen LogP contribution in [-0.4, -0.2) is 14.9 Å². The second kappa shape index (κ2) is 8.78. The van der Waals surface area contributed by atoms with Crippen molar-refractivity contribution in [1.29, 1.82) is 0 Å². The molecule has 2 aromatic carbocycles. The number of rotatable bonds is 5. The first-order chi connectivity index (χ1) is 10.9. The van der Waals surface area contributed by atoms with E-state index >= 15 is 0 Å². The maximum Gasteiger partial charge on any atom is 1.00 e. The van der Waals surface area contributed by atoms with Crippen molar-refractivity contribution in [1.82, 2.24) is 0 Å². The summed E-state index contributed by atoms with van der Waals surface area (Å²) in [6.07, 6.45) is 2.07. The van der Waals surface area contributed by atoms with Gasteiger partial charge in [-0.2, -0.15) is 0 Å². The average Bonchev–Trinajstić information content (AvgIpc) is 2.52. The van der Waals surface area contributed by atoms with Crippen LogP contribution in [0.4, 0.5) is 0 Å². The molecule has 3 heteroatoms. The summed E-state index contributed by atoms with van der Waals surface area (Å²) >= 11 is 0. The van der Waals surface area contributed by atoms with Crippen LogP contribution in [0.2, 0.25) is 5.04 Å². The Bertz CT molecular complexity index is 601. The first kappa shape index (κ1) is 20.9. The van der Waals surface area contributed by atoms with E-state index in [4.69, 9.17) is 4.43 Å². The third-order valence-electron chi connectivity index (χ3n) is 4.15. The van der Waals surface area contributed by atoms with Crippen LogP contribution >= 0.6 is 0 Å². The molecule has 0 aliphatic heterocycles. The molecule has 0 bridgehead atoms. The molecule has 0 spiro atoms. The van der Waals surface area contributed by atoms with Crippen molar-refractivity contribution in [3.63, 3.8) is 0 Å². The SMILES string of the molecule is [CH2-]/C(C)=C/CO[Si](c1ccccc1)(c1ccccc1)C(C)(C)C.[Li+]. The molecule has 0 heterocycles. The van der Waals surface area contributed by atoms with E-state index in [0.717, 1.165) is 5.57 Å². The molecule has 0 fully saturated rings. The molecule has 0 radical (unpaired) electrons. The average molecular weight is 330 g/mol. The maximum atomic E-state index is 6.70. The van der Waals surface area contributed by atoms with Crippen molar-refractivity contribution in [2.45, 2.75) is 32.7 Å². The van der Waals surface area contributed by atoms with Gasteiger partial charge in [-0.15, -0.1) is 0 Å². The Labute approximate surface area is 160 Å². The Morgan fingerprint density at radius 3 is 1.71 bits per heavy atom. The van der Waals surface area contributed by atoms with Crippen LogP contribution in [0.1, 0.15) is 27.7 Å². The molecule has 0 aliphatic carbocycles. The zero-order valence-corrected chi connectivity index (χ0v) is 16.7. The quantitative estimate of drug-likeness (QED) is 0.594. The monoisotopic (exact) mass is 330 g/mol. The van der Waals surface area contributed by atoms with Gasteiger partial charge >= 0.3 is 18.9 Å². The van der Waals surface area contributed by atoms with Crippen LogP contribution in [0.3, 0.4) is 0 Å². The number of benzene rings is 2. The van der Waals surface area contributed by atoms with E-state index in [2.05, 4.69) is 94.4 Å². The van der Waals surface area contributed by atoms with Crippen molar-refractivity contribution < 1.29 is 23.3 Å². The van der Waals surface area contributed by atoms with E-state index in [0.29, 0.717) is 6.61 Å². The van der Waals surface area contributed by atoms with E-state index < -0.39 is 8.32 Å². The minimum atomic E-state index is -2.39. The second-order valence-electron chi connectivity index (χ2n) is 7.02. The predicted molar refractivity (Wildman–Crippen MR) is 103 cm³/mol. The fourth-order valence-corrected chi connectivity index (χ4v) is 7.56. The van der Waals surface area contributed by atoms with Gasteiger partial charge in [0.05, 0.1) is 0 Å². The Balaban J connectivity index is 0.00000288. The van der Waals surface area contributed by atoms with E-state index in [1.165, 1.54) is 10.4 Å². The standard InChI is InChI=1S/C21H27OSi.Li/c1-18(2)16-17-22-23(21(3,4)5,19-12-8-6-9-13-19)20-14-10-7-11-15-20;/h6-16H,1,17H2,2-5H3;/q-1;+1/b18-16-;. The first-order valence-corrected chi connectivity index (χ1v) is 10.0. The molecule has 0 atom stereocenters. The number of allylic oxidation sites excluding steroid dienone is 1. The summed E-state index contributed by atoms with van der Waals surface area (Å²) in [7, 11) is -2.39. The molecule has 0 amide bonds. The number of hydrogen-bond acceptors (Lipinski definition) is 1. The fraction of sp³-hybridized carbons (Fsp3) is 0.286. The van der Waals surface area contributed by atoms with Crippen molar-refractivity contribution >= 4 is 18.7 Å². The van der Waals surface area contributed by atoms with Gasteiger partial charge in [0, 0.05) is 0 Å². The first-order valence-electron chi connectivity index (χ1n) is 8.11. The molecule has 0 saturated heterocycles. The van der Waals surface area contributed by atoms with Gasteiger partial charge in [-0.1, -0.05) is 88.4 Å². The summed E-state index contributed by atoms with van der Waals surface area (Å²) in [6.45, 7) is 13.4. The molecule has 2 aromatic rings. The van der Waals surface area contributed by atoms with Crippen LogP contribution < -0.4 is 29.2 Å². The van der Waals surface area contributed by atoms with Crippen molar-refractivity contribution in [2.75, 3.05) is 6.61 Å². The zero-order chi connectivity index (χ0) is 16.9. The Kier molecular flexibility index (Phi) is 7.64. The van der Waals surface area contributed by atoms with Gasteiger partial charge in [-0.05, 0) is 22.0 Å². The van der Waals surface area contributed by atoms with E-state index in [1.54, 1.807) is 0 Å². The number of hydrogen-bond donors (Lipinski definition) is 0. The Hall–Kier alpha value is -1.18. The Morgan fingerprint density at radius 1 is 0.958 bits per heavy atom. The molecule has 0 unspecified atom stereocenters. The van der Waals surface area contributed by atoms with Gasteiger partial charge in [0.2, 0.25) is 0 Å². The smallest absolute Gasteiger partial charge is 0.421 e. The second-order valence-corrected chi connectivity index (χ2v) is 11.3. The summed E-state index contributed by atoms with van der Waals surface area (Å²) in [5.41, 5.74) is 1.04. The van der Waals surface area contributed by atoms with Gasteiger partial charge in [0.15, 0.2) is 0 Å². The molecular formula is C21H27LiOSi. The maximum absolute atomic E-state index is 6.70. The van der Waals surface area contributed by atoms with Crippen molar-refractivity contribution in [2.24, 2.45) is 0 Å². The van der Waals surface area contributed by atoms with Crippen molar-refractivity contribution in [3.8, 4) is 0 Å². The third-order valence-corrected chi connectivity index (χ3v) is 9.15. The van der Waals surface area contributed by atoms with Crippen LogP contribution in [0.15, 0.2) is 72.3 Å². The van der Waals surface area contributed by atoms with Gasteiger partial charge in [-0.25, -0.2) is 18.6 Å². The van der Waals surface area contributed by atoms with E-state index in [9.17, 15) is 0 Å². The summed E-state index contributed by atoms with van der Waals surface area (Å²) in [6, 6.07) is 21.4. The molecule has 1 nitrogen and oxygen atoms in total. The Morgan fingerprint density at radius 2 is 1.38 bits per heavy atom. The fourth-order valence-electron chi connectivity index (χ4n) is 3.07. The van der Waals surface area contributed by atoms with E-state index in [-0.39, 0.29) is 23.9 Å². The molecule has 0 N–H and O–H groups in total. The van der Waals surface area contributed by atoms with E-state index in [1.807, 2.05) is 6.92 Å². The summed E-state index contributed by atoms with van der Waals surface area (Å²) in [5.74, 6) is 0. The minimum absolute atomic E-state index is 0. The largest absolute Gasteiger partial charge is 1.00 e. The van der Waals surface area contributed by atoms with Gasteiger partial charge in [0.1, 0.15) is 0 Å². The zero-order valence-electron chi connectivity index (χ0n) is 15.7. The molecule has 122 valence electrons. The van der Waals surface area contributed by atoms with Crippen LogP contribution in [0.5, 0.6) is 0 Å². The topological polar surface area (TPSA) is 9.23 Å². The molecule has 0 aromatic heterocycles. The van der Waals surface area contributed by atoms with Gasteiger partial charge in [0.25, 0.3) is 8.32 Å². The van der Waals surface area contributed by atoms with Crippen LogP contribution in [-0.2, 0) is 4.43 Å². The van der Waals surface area contributed by atoms with Crippen molar-refractivity contribution in [3.05, 3.63) is 79.2 Å². The van der Waals surface area contributed by atoms with Crippen LogP contribution in [0.25, 0.3) is 0 Å². The third kappa shape index (κ3) is 4.46. The molecule has 0 saturated carbocycles. The minimum Gasteiger partial charge on any atom is -0.421 e. The normalized spacial score (nSPS) is 12.6. The van der Waals surface area contributed by atoms with Gasteiger partial charge < -0.3 is 4.43 Å².